The van der Waals surface area contributed by atoms with E-state index in [2.05, 4.69) is 21.8 Å². The average Bonchev–Trinajstić information content (AvgIpc) is 2.64. The topological polar surface area (TPSA) is 49.2 Å². The summed E-state index contributed by atoms with van der Waals surface area (Å²) in [6.07, 6.45) is 1.56. The lowest BCUT2D eigenvalue weighted by Crippen LogP contribution is -2.22. The molecule has 1 unspecified atom stereocenters. The molecule has 1 N–H and O–H groups in total. The zero-order valence-electron chi connectivity index (χ0n) is 9.27. The first kappa shape index (κ1) is 10.4. The van der Waals surface area contributed by atoms with Gasteiger partial charge in [-0.25, -0.2) is 9.97 Å². The maximum absolute atomic E-state index is 9.47. The van der Waals surface area contributed by atoms with Crippen LogP contribution in [-0.4, -0.2) is 34.3 Å². The fraction of sp³-hybridized carbons (Fsp3) is 0.636. The second-order valence-electron chi connectivity index (χ2n) is 4.01. The molecule has 4 heteroatoms. The molecule has 1 aliphatic rings. The first-order valence-corrected chi connectivity index (χ1v) is 5.46. The maximum atomic E-state index is 9.47. The van der Waals surface area contributed by atoms with Crippen LogP contribution in [0.25, 0.3) is 0 Å². The van der Waals surface area contributed by atoms with Crippen LogP contribution in [0, 0.1) is 6.92 Å². The van der Waals surface area contributed by atoms with Gasteiger partial charge in [-0.2, -0.15) is 0 Å². The predicted octanol–water partition coefficient (Wildman–Crippen LogP) is 0.918. The quantitative estimate of drug-likeness (QED) is 0.783. The van der Waals surface area contributed by atoms with Gasteiger partial charge in [0.1, 0.15) is 11.6 Å². The van der Waals surface area contributed by atoms with E-state index in [-0.39, 0.29) is 6.10 Å². The number of hydrogen-bond acceptors (Lipinski definition) is 4. The lowest BCUT2D eigenvalue weighted by molar-refractivity contribution is 0.198. The number of aliphatic hydroxyl groups excluding tert-OH is 1. The van der Waals surface area contributed by atoms with E-state index in [4.69, 9.17) is 0 Å². The third-order valence-electron chi connectivity index (χ3n) is 2.73. The molecule has 0 saturated carbocycles. The molecule has 0 spiro atoms. The van der Waals surface area contributed by atoms with Gasteiger partial charge in [0.05, 0.1) is 6.10 Å². The standard InChI is InChI=1S/C11H17N3O/c1-3-9-6-11(13-8(2)12-9)14-5-4-10(15)7-14/h6,10,15H,3-5,7H2,1-2H3. The summed E-state index contributed by atoms with van der Waals surface area (Å²) in [5, 5.41) is 9.47. The lowest BCUT2D eigenvalue weighted by atomic mass is 10.3. The van der Waals surface area contributed by atoms with Crippen LogP contribution < -0.4 is 4.90 Å². The number of rotatable bonds is 2. The summed E-state index contributed by atoms with van der Waals surface area (Å²) in [5.74, 6) is 1.77. The van der Waals surface area contributed by atoms with Gasteiger partial charge in [0.2, 0.25) is 0 Å². The Hall–Kier alpha value is -1.16. The number of aromatic nitrogens is 2. The van der Waals surface area contributed by atoms with Crippen molar-refractivity contribution < 1.29 is 5.11 Å². The van der Waals surface area contributed by atoms with E-state index in [1.807, 2.05) is 13.0 Å². The van der Waals surface area contributed by atoms with Crippen molar-refractivity contribution in [1.82, 2.24) is 9.97 Å². The highest BCUT2D eigenvalue weighted by atomic mass is 16.3. The molecule has 1 atom stereocenters. The largest absolute Gasteiger partial charge is 0.391 e. The smallest absolute Gasteiger partial charge is 0.132 e. The number of hydrogen-bond donors (Lipinski definition) is 1. The van der Waals surface area contributed by atoms with Crippen molar-refractivity contribution in [2.45, 2.75) is 32.8 Å². The first-order valence-electron chi connectivity index (χ1n) is 5.46. The molecule has 1 aliphatic heterocycles. The molecule has 82 valence electrons. The Bertz CT molecular complexity index is 354. The van der Waals surface area contributed by atoms with Gasteiger partial charge < -0.3 is 10.0 Å². The van der Waals surface area contributed by atoms with Gasteiger partial charge in [-0.3, -0.25) is 0 Å². The van der Waals surface area contributed by atoms with E-state index in [0.717, 1.165) is 36.7 Å². The Kier molecular flexibility index (Phi) is 2.86. The van der Waals surface area contributed by atoms with Crippen LogP contribution in [0.3, 0.4) is 0 Å². The van der Waals surface area contributed by atoms with Crippen LogP contribution >= 0.6 is 0 Å². The highest BCUT2D eigenvalue weighted by molar-refractivity contribution is 5.41. The molecular formula is C11H17N3O. The van der Waals surface area contributed by atoms with Crippen molar-refractivity contribution in [1.29, 1.82) is 0 Å². The zero-order valence-corrected chi connectivity index (χ0v) is 9.27. The monoisotopic (exact) mass is 207 g/mol. The molecule has 0 aromatic carbocycles. The molecule has 2 rings (SSSR count). The maximum Gasteiger partial charge on any atom is 0.132 e. The lowest BCUT2D eigenvalue weighted by Gasteiger charge is -2.17. The van der Waals surface area contributed by atoms with E-state index in [1.54, 1.807) is 0 Å². The zero-order chi connectivity index (χ0) is 10.8. The fourth-order valence-corrected chi connectivity index (χ4v) is 1.91. The molecule has 15 heavy (non-hydrogen) atoms. The van der Waals surface area contributed by atoms with Gasteiger partial charge in [-0.15, -0.1) is 0 Å². The third kappa shape index (κ3) is 2.26. The number of aryl methyl sites for hydroxylation is 2. The van der Waals surface area contributed by atoms with Gasteiger partial charge in [-0.05, 0) is 19.8 Å². The summed E-state index contributed by atoms with van der Waals surface area (Å²) in [6.45, 7) is 5.58. The molecule has 1 aromatic heterocycles. The normalized spacial score (nSPS) is 21.0. The molecule has 0 aliphatic carbocycles. The fourth-order valence-electron chi connectivity index (χ4n) is 1.91. The predicted molar refractivity (Wildman–Crippen MR) is 59.0 cm³/mol. The number of anilines is 1. The summed E-state index contributed by atoms with van der Waals surface area (Å²) in [7, 11) is 0. The van der Waals surface area contributed by atoms with E-state index in [1.165, 1.54) is 0 Å². The molecular weight excluding hydrogens is 190 g/mol. The van der Waals surface area contributed by atoms with Gasteiger partial charge >= 0.3 is 0 Å². The summed E-state index contributed by atoms with van der Waals surface area (Å²) in [4.78, 5) is 10.9. The molecule has 0 amide bonds. The van der Waals surface area contributed by atoms with E-state index in [0.29, 0.717) is 6.54 Å². The van der Waals surface area contributed by atoms with Crippen LogP contribution in [0.15, 0.2) is 6.07 Å². The summed E-state index contributed by atoms with van der Waals surface area (Å²) < 4.78 is 0. The number of β-amino-alcohol motifs (C(OH)–C–C–N with tert-alkyl or cyclic N) is 1. The van der Waals surface area contributed by atoms with Crippen LogP contribution in [0.4, 0.5) is 5.82 Å². The molecule has 1 saturated heterocycles. The SMILES string of the molecule is CCc1cc(N2CCC(O)C2)nc(C)n1. The van der Waals surface area contributed by atoms with E-state index < -0.39 is 0 Å². The summed E-state index contributed by atoms with van der Waals surface area (Å²) in [6, 6.07) is 2.02. The van der Waals surface area contributed by atoms with Crippen molar-refractivity contribution >= 4 is 5.82 Å². The van der Waals surface area contributed by atoms with Gasteiger partial charge in [0.15, 0.2) is 0 Å². The Morgan fingerprint density at radius 1 is 1.53 bits per heavy atom. The average molecular weight is 207 g/mol. The van der Waals surface area contributed by atoms with Crippen LogP contribution in [0.1, 0.15) is 24.9 Å². The molecule has 1 aromatic rings. The Labute approximate surface area is 90.0 Å². The molecule has 4 nitrogen and oxygen atoms in total. The van der Waals surface area contributed by atoms with E-state index >= 15 is 0 Å². The van der Waals surface area contributed by atoms with E-state index in [9.17, 15) is 5.11 Å². The van der Waals surface area contributed by atoms with Crippen molar-refractivity contribution in [3.63, 3.8) is 0 Å². The minimum Gasteiger partial charge on any atom is -0.391 e. The van der Waals surface area contributed by atoms with Crippen molar-refractivity contribution in [2.75, 3.05) is 18.0 Å². The Morgan fingerprint density at radius 3 is 2.93 bits per heavy atom. The summed E-state index contributed by atoms with van der Waals surface area (Å²) in [5.41, 5.74) is 1.07. The highest BCUT2D eigenvalue weighted by Gasteiger charge is 2.21. The van der Waals surface area contributed by atoms with Crippen LogP contribution in [-0.2, 0) is 6.42 Å². The van der Waals surface area contributed by atoms with Gasteiger partial charge in [-0.1, -0.05) is 6.92 Å². The Morgan fingerprint density at radius 2 is 2.33 bits per heavy atom. The van der Waals surface area contributed by atoms with Crippen molar-refractivity contribution in [3.05, 3.63) is 17.6 Å². The minimum atomic E-state index is -0.203. The van der Waals surface area contributed by atoms with Crippen molar-refractivity contribution in [2.24, 2.45) is 0 Å². The molecule has 0 bridgehead atoms. The third-order valence-corrected chi connectivity index (χ3v) is 2.73. The molecule has 0 radical (unpaired) electrons. The van der Waals surface area contributed by atoms with Crippen LogP contribution in [0.5, 0.6) is 0 Å². The summed E-state index contributed by atoms with van der Waals surface area (Å²) >= 11 is 0. The van der Waals surface area contributed by atoms with Crippen molar-refractivity contribution in [3.8, 4) is 0 Å². The second kappa shape index (κ2) is 4.14. The highest BCUT2D eigenvalue weighted by Crippen LogP contribution is 2.19. The number of nitrogens with zero attached hydrogens (tertiary/aromatic N) is 3. The van der Waals surface area contributed by atoms with Gasteiger partial charge in [0.25, 0.3) is 0 Å². The first-order chi connectivity index (χ1) is 7.19. The Balaban J connectivity index is 2.24. The van der Waals surface area contributed by atoms with Gasteiger partial charge in [0, 0.05) is 24.8 Å². The molecule has 1 fully saturated rings. The second-order valence-corrected chi connectivity index (χ2v) is 4.01. The molecule has 2 heterocycles. The minimum absolute atomic E-state index is 0.203. The number of aliphatic hydroxyl groups is 1. The van der Waals surface area contributed by atoms with Crippen LogP contribution in [0.2, 0.25) is 0 Å².